The molecule has 28 heavy (non-hydrogen) atoms. The van der Waals surface area contributed by atoms with E-state index in [0.717, 1.165) is 31.7 Å². The minimum atomic E-state index is -3.22. The van der Waals surface area contributed by atoms with Crippen LogP contribution in [0, 0.1) is 0 Å². The number of nitrogens with one attached hydrogen (secondary N) is 2. The SMILES string of the molecule is CCN(CC)S(=O)(=O)CCNC(=NC)NC1CCN(c2ccccn2)CC1.I. The Balaban J connectivity index is 0.00000392. The third-order valence-corrected chi connectivity index (χ3v) is 6.81. The molecule has 0 bridgehead atoms. The zero-order valence-electron chi connectivity index (χ0n) is 17.0. The summed E-state index contributed by atoms with van der Waals surface area (Å²) in [6, 6.07) is 6.28. The lowest BCUT2D eigenvalue weighted by Gasteiger charge is -2.33. The summed E-state index contributed by atoms with van der Waals surface area (Å²) in [4.78, 5) is 10.9. The molecule has 1 aliphatic rings. The molecule has 0 amide bonds. The topological polar surface area (TPSA) is 89.9 Å². The number of hydrogen-bond donors (Lipinski definition) is 2. The molecule has 0 radical (unpaired) electrons. The van der Waals surface area contributed by atoms with Gasteiger partial charge in [0.25, 0.3) is 0 Å². The average Bonchev–Trinajstić information content (AvgIpc) is 2.69. The third kappa shape index (κ3) is 7.36. The quantitative estimate of drug-likeness (QED) is 0.305. The van der Waals surface area contributed by atoms with Crippen molar-refractivity contribution in [3.05, 3.63) is 24.4 Å². The van der Waals surface area contributed by atoms with Gasteiger partial charge in [0.1, 0.15) is 5.82 Å². The highest BCUT2D eigenvalue weighted by molar-refractivity contribution is 14.0. The van der Waals surface area contributed by atoms with Crippen LogP contribution in [-0.4, -0.2) is 75.2 Å². The van der Waals surface area contributed by atoms with Gasteiger partial charge in [0.15, 0.2) is 5.96 Å². The maximum Gasteiger partial charge on any atom is 0.215 e. The number of sulfonamides is 1. The van der Waals surface area contributed by atoms with E-state index in [2.05, 4.69) is 25.5 Å². The molecule has 1 aromatic rings. The van der Waals surface area contributed by atoms with Gasteiger partial charge >= 0.3 is 0 Å². The van der Waals surface area contributed by atoms with Gasteiger partial charge in [-0.3, -0.25) is 4.99 Å². The van der Waals surface area contributed by atoms with Crippen molar-refractivity contribution in [1.29, 1.82) is 0 Å². The molecule has 0 spiro atoms. The third-order valence-electron chi connectivity index (χ3n) is 4.78. The fraction of sp³-hybridized carbons (Fsp3) is 0.667. The molecule has 160 valence electrons. The number of halogens is 1. The summed E-state index contributed by atoms with van der Waals surface area (Å²) >= 11 is 0. The Bertz CT molecular complexity index is 689. The minimum absolute atomic E-state index is 0. The normalized spacial score (nSPS) is 16.0. The second-order valence-electron chi connectivity index (χ2n) is 6.49. The maximum absolute atomic E-state index is 12.2. The summed E-state index contributed by atoms with van der Waals surface area (Å²) in [6.07, 6.45) is 3.78. The molecule has 8 nitrogen and oxygen atoms in total. The summed E-state index contributed by atoms with van der Waals surface area (Å²) in [6.45, 7) is 6.91. The number of anilines is 1. The molecule has 2 rings (SSSR count). The number of hydrogen-bond acceptors (Lipinski definition) is 5. The van der Waals surface area contributed by atoms with Crippen LogP contribution in [0.5, 0.6) is 0 Å². The number of aromatic nitrogens is 1. The molecule has 0 aromatic carbocycles. The van der Waals surface area contributed by atoms with E-state index in [1.807, 2.05) is 38.2 Å². The van der Waals surface area contributed by atoms with Crippen LogP contribution < -0.4 is 15.5 Å². The highest BCUT2D eigenvalue weighted by atomic mass is 127. The van der Waals surface area contributed by atoms with E-state index < -0.39 is 10.0 Å². The monoisotopic (exact) mass is 524 g/mol. The molecule has 1 aliphatic heterocycles. The summed E-state index contributed by atoms with van der Waals surface area (Å²) in [5, 5.41) is 6.53. The van der Waals surface area contributed by atoms with Crippen molar-refractivity contribution in [2.75, 3.05) is 50.4 Å². The number of guanidine groups is 1. The van der Waals surface area contributed by atoms with Gasteiger partial charge in [0.05, 0.1) is 5.75 Å². The number of piperidine rings is 1. The fourth-order valence-electron chi connectivity index (χ4n) is 3.23. The summed E-state index contributed by atoms with van der Waals surface area (Å²) in [5.74, 6) is 1.73. The van der Waals surface area contributed by atoms with Gasteiger partial charge in [-0.05, 0) is 25.0 Å². The first-order valence-electron chi connectivity index (χ1n) is 9.61. The van der Waals surface area contributed by atoms with Crippen molar-refractivity contribution >= 4 is 45.8 Å². The van der Waals surface area contributed by atoms with Gasteiger partial charge in [0, 0.05) is 52.0 Å². The van der Waals surface area contributed by atoms with Crippen LogP contribution in [0.25, 0.3) is 0 Å². The summed E-state index contributed by atoms with van der Waals surface area (Å²) in [5.41, 5.74) is 0. The zero-order valence-corrected chi connectivity index (χ0v) is 20.1. The lowest BCUT2D eigenvalue weighted by Crippen LogP contribution is -2.49. The Hall–Kier alpha value is -1.14. The molecule has 2 heterocycles. The first kappa shape index (κ1) is 24.9. The molecule has 0 atom stereocenters. The second kappa shape index (κ2) is 12.4. The van der Waals surface area contributed by atoms with Crippen LogP contribution in [0.2, 0.25) is 0 Å². The standard InChI is InChI=1S/C18H32N6O2S.HI/c1-4-24(5-2)27(25,26)15-12-21-18(19-3)22-16-9-13-23(14-10-16)17-8-6-7-11-20-17;/h6-8,11,16H,4-5,9-10,12-15H2,1-3H3,(H2,19,21,22);1H. The largest absolute Gasteiger partial charge is 0.356 e. The van der Waals surface area contributed by atoms with Gasteiger partial charge in [0.2, 0.25) is 10.0 Å². The molecular formula is C18H33IN6O2S. The smallest absolute Gasteiger partial charge is 0.215 e. The van der Waals surface area contributed by atoms with Crippen LogP contribution in [0.15, 0.2) is 29.4 Å². The van der Waals surface area contributed by atoms with Crippen molar-refractivity contribution in [3.63, 3.8) is 0 Å². The number of rotatable bonds is 8. The van der Waals surface area contributed by atoms with Gasteiger partial charge in [-0.1, -0.05) is 19.9 Å². The first-order valence-corrected chi connectivity index (χ1v) is 11.2. The van der Waals surface area contributed by atoms with E-state index in [4.69, 9.17) is 0 Å². The van der Waals surface area contributed by atoms with Crippen LogP contribution in [-0.2, 0) is 10.0 Å². The lowest BCUT2D eigenvalue weighted by atomic mass is 10.1. The molecule has 1 fully saturated rings. The van der Waals surface area contributed by atoms with Crippen molar-refractivity contribution in [2.24, 2.45) is 4.99 Å². The highest BCUT2D eigenvalue weighted by Gasteiger charge is 2.21. The average molecular weight is 524 g/mol. The van der Waals surface area contributed by atoms with Crippen LogP contribution >= 0.6 is 24.0 Å². The zero-order chi connectivity index (χ0) is 19.7. The first-order chi connectivity index (χ1) is 13.0. The lowest BCUT2D eigenvalue weighted by molar-refractivity contribution is 0.444. The minimum Gasteiger partial charge on any atom is -0.356 e. The van der Waals surface area contributed by atoms with Crippen LogP contribution in [0.1, 0.15) is 26.7 Å². The predicted octanol–water partition coefficient (Wildman–Crippen LogP) is 1.51. The Morgan fingerprint density at radius 1 is 1.29 bits per heavy atom. The summed E-state index contributed by atoms with van der Waals surface area (Å²) < 4.78 is 26.0. The van der Waals surface area contributed by atoms with Gasteiger partial charge in [-0.2, -0.15) is 0 Å². The maximum atomic E-state index is 12.2. The van der Waals surface area contributed by atoms with Crippen molar-refractivity contribution in [2.45, 2.75) is 32.7 Å². The Morgan fingerprint density at radius 2 is 1.96 bits per heavy atom. The molecule has 10 heteroatoms. The highest BCUT2D eigenvalue weighted by Crippen LogP contribution is 2.17. The molecular weight excluding hydrogens is 491 g/mol. The van der Waals surface area contributed by atoms with E-state index in [1.54, 1.807) is 7.05 Å². The van der Waals surface area contributed by atoms with Crippen molar-refractivity contribution in [1.82, 2.24) is 19.9 Å². The van der Waals surface area contributed by atoms with E-state index in [9.17, 15) is 8.42 Å². The fourth-order valence-corrected chi connectivity index (χ4v) is 4.63. The van der Waals surface area contributed by atoms with Gasteiger partial charge in [-0.15, -0.1) is 24.0 Å². The van der Waals surface area contributed by atoms with E-state index in [0.29, 0.717) is 31.6 Å². The van der Waals surface area contributed by atoms with Gasteiger partial charge < -0.3 is 15.5 Å². The Morgan fingerprint density at radius 3 is 2.50 bits per heavy atom. The molecule has 2 N–H and O–H groups in total. The van der Waals surface area contributed by atoms with Crippen LogP contribution in [0.3, 0.4) is 0 Å². The molecule has 0 unspecified atom stereocenters. The predicted molar refractivity (Wildman–Crippen MR) is 126 cm³/mol. The number of pyridine rings is 1. The van der Waals surface area contributed by atoms with E-state index in [-0.39, 0.29) is 29.7 Å². The molecule has 0 aliphatic carbocycles. The molecule has 1 saturated heterocycles. The number of nitrogens with zero attached hydrogens (tertiary/aromatic N) is 4. The van der Waals surface area contributed by atoms with Crippen molar-refractivity contribution < 1.29 is 8.42 Å². The van der Waals surface area contributed by atoms with Crippen LogP contribution in [0.4, 0.5) is 5.82 Å². The van der Waals surface area contributed by atoms with Gasteiger partial charge in [-0.25, -0.2) is 17.7 Å². The summed E-state index contributed by atoms with van der Waals surface area (Å²) in [7, 11) is -1.52. The van der Waals surface area contributed by atoms with Crippen molar-refractivity contribution in [3.8, 4) is 0 Å². The Labute approximate surface area is 186 Å². The van der Waals surface area contributed by atoms with E-state index >= 15 is 0 Å². The second-order valence-corrected chi connectivity index (χ2v) is 8.58. The molecule has 0 saturated carbocycles. The Kier molecular flexibility index (Phi) is 11.1. The van der Waals surface area contributed by atoms with E-state index in [1.165, 1.54) is 4.31 Å². The number of aliphatic imine (C=N–C) groups is 1. The molecule has 1 aromatic heterocycles.